The summed E-state index contributed by atoms with van der Waals surface area (Å²) < 4.78 is 5.23. The lowest BCUT2D eigenvalue weighted by molar-refractivity contribution is 0.0465. The highest BCUT2D eigenvalue weighted by atomic mass is 32.1. The van der Waals surface area contributed by atoms with Crippen molar-refractivity contribution in [1.82, 2.24) is 4.98 Å². The second-order valence-electron chi connectivity index (χ2n) is 4.72. The van der Waals surface area contributed by atoms with Crippen LogP contribution in [0.15, 0.2) is 41.1 Å². The van der Waals surface area contributed by atoms with E-state index in [1.54, 1.807) is 23.5 Å². The van der Waals surface area contributed by atoms with Gasteiger partial charge in [0.25, 0.3) is 0 Å². The lowest BCUT2D eigenvalue weighted by Gasteiger charge is -2.05. The van der Waals surface area contributed by atoms with E-state index in [2.05, 4.69) is 4.98 Å². The monoisotopic (exact) mass is 331 g/mol. The van der Waals surface area contributed by atoms with Crippen molar-refractivity contribution in [2.45, 2.75) is 13.5 Å². The molecule has 112 valence electrons. The van der Waals surface area contributed by atoms with Crippen LogP contribution in [0.2, 0.25) is 0 Å². The number of hydrogen-bond acceptors (Lipinski definition) is 6. The van der Waals surface area contributed by atoms with Gasteiger partial charge in [0.1, 0.15) is 22.9 Å². The van der Waals surface area contributed by atoms with E-state index in [1.165, 1.54) is 17.4 Å². The fourth-order valence-corrected chi connectivity index (χ4v) is 3.54. The molecular weight excluding hydrogens is 318 g/mol. The molecule has 0 atom stereocenters. The largest absolute Gasteiger partial charge is 0.507 e. The van der Waals surface area contributed by atoms with Crippen LogP contribution in [0.4, 0.5) is 0 Å². The van der Waals surface area contributed by atoms with Crippen LogP contribution in [0, 0.1) is 6.92 Å². The van der Waals surface area contributed by atoms with Crippen LogP contribution in [-0.4, -0.2) is 16.1 Å². The van der Waals surface area contributed by atoms with Crippen LogP contribution in [0.1, 0.15) is 21.6 Å². The lowest BCUT2D eigenvalue weighted by Crippen LogP contribution is -2.06. The zero-order chi connectivity index (χ0) is 15.5. The van der Waals surface area contributed by atoms with Crippen LogP contribution >= 0.6 is 22.7 Å². The first-order chi connectivity index (χ1) is 10.6. The molecule has 3 rings (SSSR count). The fourth-order valence-electron chi connectivity index (χ4n) is 1.92. The summed E-state index contributed by atoms with van der Waals surface area (Å²) in [7, 11) is 0. The SMILES string of the molecule is Cc1ccc(O)c(C(=O)OCc2csc(-c3cccs3)n2)c1. The van der Waals surface area contributed by atoms with Crippen LogP contribution in [0.5, 0.6) is 5.75 Å². The van der Waals surface area contributed by atoms with Crippen LogP contribution in [0.3, 0.4) is 0 Å². The first-order valence-corrected chi connectivity index (χ1v) is 8.34. The van der Waals surface area contributed by atoms with Gasteiger partial charge in [0, 0.05) is 5.38 Å². The first-order valence-electron chi connectivity index (χ1n) is 6.58. The molecule has 0 saturated carbocycles. The van der Waals surface area contributed by atoms with Crippen LogP contribution < -0.4 is 0 Å². The van der Waals surface area contributed by atoms with Crippen molar-refractivity contribution in [3.63, 3.8) is 0 Å². The maximum atomic E-state index is 12.0. The average Bonchev–Trinajstić information content (AvgIpc) is 3.17. The third-order valence-corrected chi connectivity index (χ3v) is 4.94. The molecule has 0 bridgehead atoms. The van der Waals surface area contributed by atoms with Gasteiger partial charge in [0.2, 0.25) is 0 Å². The molecule has 1 aromatic carbocycles. The summed E-state index contributed by atoms with van der Waals surface area (Å²) in [5.41, 5.74) is 1.76. The van der Waals surface area contributed by atoms with Gasteiger partial charge in [-0.05, 0) is 30.5 Å². The minimum atomic E-state index is -0.549. The number of benzene rings is 1. The van der Waals surface area contributed by atoms with Crippen molar-refractivity contribution >= 4 is 28.6 Å². The molecule has 0 fully saturated rings. The number of aromatic hydroxyl groups is 1. The molecule has 1 N–H and O–H groups in total. The maximum Gasteiger partial charge on any atom is 0.342 e. The van der Waals surface area contributed by atoms with E-state index in [-0.39, 0.29) is 17.9 Å². The summed E-state index contributed by atoms with van der Waals surface area (Å²) >= 11 is 3.14. The highest BCUT2D eigenvalue weighted by Gasteiger charge is 2.14. The number of esters is 1. The summed E-state index contributed by atoms with van der Waals surface area (Å²) in [6, 6.07) is 8.81. The summed E-state index contributed by atoms with van der Waals surface area (Å²) in [5, 5.41) is 14.5. The topological polar surface area (TPSA) is 59.4 Å². The van der Waals surface area contributed by atoms with Gasteiger partial charge in [-0.1, -0.05) is 17.7 Å². The van der Waals surface area contributed by atoms with Gasteiger partial charge < -0.3 is 9.84 Å². The molecule has 0 aliphatic rings. The van der Waals surface area contributed by atoms with E-state index in [0.29, 0.717) is 5.69 Å². The molecule has 3 aromatic rings. The third-order valence-electron chi connectivity index (χ3n) is 3.01. The second kappa shape index (κ2) is 6.29. The standard InChI is InChI=1S/C16H13NO3S2/c1-10-4-5-13(18)12(7-10)16(19)20-8-11-9-22-15(17-11)14-3-2-6-21-14/h2-7,9,18H,8H2,1H3. The number of thiophene rings is 1. The molecule has 0 aliphatic carbocycles. The normalized spacial score (nSPS) is 10.6. The number of hydrogen-bond donors (Lipinski definition) is 1. The van der Waals surface area contributed by atoms with Crippen LogP contribution in [0.25, 0.3) is 9.88 Å². The number of aromatic nitrogens is 1. The molecule has 2 heterocycles. The summed E-state index contributed by atoms with van der Waals surface area (Å²) in [6.07, 6.45) is 0. The second-order valence-corrected chi connectivity index (χ2v) is 6.52. The Bertz CT molecular complexity index is 794. The van der Waals surface area contributed by atoms with E-state index in [1.807, 2.05) is 29.8 Å². The summed E-state index contributed by atoms with van der Waals surface area (Å²) in [4.78, 5) is 17.6. The van der Waals surface area contributed by atoms with E-state index in [4.69, 9.17) is 4.74 Å². The van der Waals surface area contributed by atoms with E-state index < -0.39 is 5.97 Å². The Morgan fingerprint density at radius 3 is 2.95 bits per heavy atom. The van der Waals surface area contributed by atoms with Gasteiger partial charge in [-0.15, -0.1) is 22.7 Å². The zero-order valence-corrected chi connectivity index (χ0v) is 13.4. The Morgan fingerprint density at radius 2 is 2.18 bits per heavy atom. The Morgan fingerprint density at radius 1 is 1.32 bits per heavy atom. The molecule has 0 unspecified atom stereocenters. The number of ether oxygens (including phenoxy) is 1. The third kappa shape index (κ3) is 3.18. The number of rotatable bonds is 4. The summed E-state index contributed by atoms with van der Waals surface area (Å²) in [6.45, 7) is 1.94. The molecule has 22 heavy (non-hydrogen) atoms. The fraction of sp³-hybridized carbons (Fsp3) is 0.125. The number of carbonyl (C=O) groups is 1. The molecular formula is C16H13NO3S2. The highest BCUT2D eigenvalue weighted by molar-refractivity contribution is 7.20. The minimum absolute atomic E-state index is 0.0758. The van der Waals surface area contributed by atoms with Crippen molar-refractivity contribution in [1.29, 1.82) is 0 Å². The van der Waals surface area contributed by atoms with E-state index in [0.717, 1.165) is 15.4 Å². The Kier molecular flexibility index (Phi) is 4.22. The lowest BCUT2D eigenvalue weighted by atomic mass is 10.1. The van der Waals surface area contributed by atoms with Gasteiger partial charge in [-0.25, -0.2) is 9.78 Å². The van der Waals surface area contributed by atoms with Crippen molar-refractivity contribution < 1.29 is 14.6 Å². The molecule has 4 nitrogen and oxygen atoms in total. The molecule has 2 aromatic heterocycles. The number of nitrogens with zero attached hydrogens (tertiary/aromatic N) is 1. The van der Waals surface area contributed by atoms with Gasteiger partial charge in [0.05, 0.1) is 10.6 Å². The summed E-state index contributed by atoms with van der Waals surface area (Å²) in [5.74, 6) is -0.625. The van der Waals surface area contributed by atoms with Crippen molar-refractivity contribution in [2.24, 2.45) is 0 Å². The maximum absolute atomic E-state index is 12.0. The van der Waals surface area contributed by atoms with Crippen molar-refractivity contribution in [3.05, 3.63) is 57.9 Å². The van der Waals surface area contributed by atoms with E-state index in [9.17, 15) is 9.90 Å². The quantitative estimate of drug-likeness (QED) is 0.726. The minimum Gasteiger partial charge on any atom is -0.507 e. The predicted molar refractivity (Wildman–Crippen MR) is 87.4 cm³/mol. The smallest absolute Gasteiger partial charge is 0.342 e. The number of phenolic OH excluding ortho intramolecular Hbond substituents is 1. The number of phenols is 1. The molecule has 0 aliphatic heterocycles. The molecule has 0 radical (unpaired) electrons. The van der Waals surface area contributed by atoms with Crippen LogP contribution in [-0.2, 0) is 11.3 Å². The Hall–Kier alpha value is -2.18. The number of thiazole rings is 1. The van der Waals surface area contributed by atoms with E-state index >= 15 is 0 Å². The van der Waals surface area contributed by atoms with Gasteiger partial charge in [0.15, 0.2) is 0 Å². The van der Waals surface area contributed by atoms with Crippen molar-refractivity contribution in [2.75, 3.05) is 0 Å². The van der Waals surface area contributed by atoms with Crippen molar-refractivity contribution in [3.8, 4) is 15.6 Å². The van der Waals surface area contributed by atoms with Gasteiger partial charge >= 0.3 is 5.97 Å². The van der Waals surface area contributed by atoms with Gasteiger partial charge in [-0.3, -0.25) is 0 Å². The predicted octanol–water partition coefficient (Wildman–Crippen LogP) is 4.24. The molecule has 0 amide bonds. The molecule has 0 saturated heterocycles. The Labute approximate surface area is 135 Å². The molecule has 6 heteroatoms. The van der Waals surface area contributed by atoms with Gasteiger partial charge in [-0.2, -0.15) is 0 Å². The highest BCUT2D eigenvalue weighted by Crippen LogP contribution is 2.28. The number of aryl methyl sites for hydroxylation is 1. The first kappa shape index (κ1) is 14.7. The number of carbonyl (C=O) groups excluding carboxylic acids is 1. The zero-order valence-electron chi connectivity index (χ0n) is 11.8. The average molecular weight is 331 g/mol. The molecule has 0 spiro atoms. The Balaban J connectivity index is 1.67.